The number of nitrogens with zero attached hydrogens (tertiary/aromatic N) is 6. The quantitative estimate of drug-likeness (QED) is 0.0348. The van der Waals surface area contributed by atoms with Gasteiger partial charge in [0.25, 0.3) is 0 Å². The summed E-state index contributed by atoms with van der Waals surface area (Å²) in [6.07, 6.45) is 13.4. The standard InChI is InChI=1S/C44H52N2O3.C44H52N2O2.C41H46N2/c1-9-11-13-35-27-33(5)43(34(6)28-35)45(36-18-14-31(3)15-19-36)38-22-24-39(25-23-38)46(37-20-16-32(4)17-21-37)44-41(47-7)29-40(30-42(44)48-8)49-26-12-10-2;1-9-11-25-47-41-27-33(5)43(34(6)28-41)45(37-17-13-31(3)14-18-37)39-21-23-40(24-22-39)46(38-19-15-32(4)16-20-38)44-35(7)29-42(30-36(44)8)48-26-12-10-2;1-9-10-11-35-26-33(7)41(34(8)27-35)43(37-18-14-29(3)15-19-37)39-22-20-38(21-23-39)42(36-16-12-28(2)13-17-36)40-31(5)24-30(4)25-32(40)6/h14-25,27-30H,9-13,26H2,1-8H3;13-24,27-30H,9-12,25-26H2,1-8H3;12-27H,9-11H2,1-8H3. The maximum atomic E-state index is 6.12. The summed E-state index contributed by atoms with van der Waals surface area (Å²) >= 11 is 0. The van der Waals surface area contributed by atoms with Crippen molar-refractivity contribution >= 4 is 102 Å². The van der Waals surface area contributed by atoms with Gasteiger partial charge in [-0.25, -0.2) is 0 Å². The Morgan fingerprint density at radius 3 is 0.529 bits per heavy atom. The molecule has 0 unspecified atom stereocenters. The Morgan fingerprint density at radius 1 is 0.179 bits per heavy atom. The third kappa shape index (κ3) is 25.6. The molecule has 0 radical (unpaired) electrons. The molecule has 15 aromatic carbocycles. The molecule has 0 saturated carbocycles. The van der Waals surface area contributed by atoms with E-state index in [0.29, 0.717) is 18.1 Å². The highest BCUT2D eigenvalue weighted by atomic mass is 16.5. The molecule has 0 spiro atoms. The summed E-state index contributed by atoms with van der Waals surface area (Å²) in [6, 6.07) is 106. The second-order valence-corrected chi connectivity index (χ2v) is 38.3. The molecule has 0 aliphatic rings. The molecule has 0 saturated heterocycles. The number of unbranched alkanes of at least 4 members (excludes halogenated alkanes) is 5. The number of hydrogen-bond acceptors (Lipinski definition) is 11. The molecule has 0 fully saturated rings. The summed E-state index contributed by atoms with van der Waals surface area (Å²) in [5, 5.41) is 0. The fourth-order valence-corrected chi connectivity index (χ4v) is 19.1. The van der Waals surface area contributed by atoms with Crippen LogP contribution in [0.5, 0.6) is 28.7 Å². The molecular formula is C129H150N6O5. The van der Waals surface area contributed by atoms with E-state index < -0.39 is 0 Å². The van der Waals surface area contributed by atoms with Crippen LogP contribution in [0.15, 0.2) is 291 Å². The molecule has 0 aromatic heterocycles. The van der Waals surface area contributed by atoms with Crippen molar-refractivity contribution in [1.29, 1.82) is 0 Å². The Labute approximate surface area is 839 Å². The van der Waals surface area contributed by atoms with Crippen LogP contribution in [-0.2, 0) is 12.8 Å². The van der Waals surface area contributed by atoms with Gasteiger partial charge >= 0.3 is 0 Å². The van der Waals surface area contributed by atoms with Crippen molar-refractivity contribution in [3.63, 3.8) is 0 Å². The van der Waals surface area contributed by atoms with Gasteiger partial charge in [0.05, 0.1) is 62.5 Å². The first-order chi connectivity index (χ1) is 67.6. The second kappa shape index (κ2) is 49.1. The van der Waals surface area contributed by atoms with Crippen molar-refractivity contribution in [2.75, 3.05) is 63.4 Å². The first-order valence-electron chi connectivity index (χ1n) is 50.8. The zero-order chi connectivity index (χ0) is 99.8. The molecule has 140 heavy (non-hydrogen) atoms. The normalized spacial score (nSPS) is 11.0. The van der Waals surface area contributed by atoms with Crippen LogP contribution in [0.25, 0.3) is 0 Å². The zero-order valence-electron chi connectivity index (χ0n) is 88.0. The van der Waals surface area contributed by atoms with Crippen LogP contribution >= 0.6 is 0 Å². The van der Waals surface area contributed by atoms with E-state index in [4.69, 9.17) is 23.7 Å². The van der Waals surface area contributed by atoms with Gasteiger partial charge in [-0.15, -0.1) is 0 Å². The molecule has 0 heterocycles. The van der Waals surface area contributed by atoms with Crippen LogP contribution < -0.4 is 53.1 Å². The lowest BCUT2D eigenvalue weighted by Gasteiger charge is -2.31. The fourth-order valence-electron chi connectivity index (χ4n) is 19.1. The lowest BCUT2D eigenvalue weighted by molar-refractivity contribution is 0.304. The Hall–Kier alpha value is -13.9. The average Bonchev–Trinajstić information content (AvgIpc) is 0.770. The number of aryl methyl sites for hydroxylation is 19. The third-order valence-corrected chi connectivity index (χ3v) is 26.3. The minimum Gasteiger partial charge on any atom is -0.494 e. The number of methoxy groups -OCH3 is 2. The Morgan fingerprint density at radius 2 is 0.343 bits per heavy atom. The lowest BCUT2D eigenvalue weighted by Crippen LogP contribution is -2.15. The Balaban J connectivity index is 0.000000177. The van der Waals surface area contributed by atoms with Gasteiger partial charge in [-0.3, -0.25) is 0 Å². The number of hydrogen-bond donors (Lipinski definition) is 0. The number of ether oxygens (including phenoxy) is 5. The molecule has 726 valence electrons. The van der Waals surface area contributed by atoms with Crippen LogP contribution in [-0.4, -0.2) is 34.0 Å². The lowest BCUT2D eigenvalue weighted by atomic mass is 9.98. The second-order valence-electron chi connectivity index (χ2n) is 38.3. The molecular weight excluding hydrogens is 1710 g/mol. The maximum absolute atomic E-state index is 6.12. The van der Waals surface area contributed by atoms with Crippen LogP contribution in [0.4, 0.5) is 102 Å². The highest BCUT2D eigenvalue weighted by molar-refractivity contribution is 5.91. The van der Waals surface area contributed by atoms with Crippen molar-refractivity contribution in [2.45, 2.75) is 229 Å². The van der Waals surface area contributed by atoms with E-state index in [1.165, 1.54) is 166 Å². The Bertz CT molecular complexity index is 6290. The zero-order valence-corrected chi connectivity index (χ0v) is 88.0. The molecule has 0 amide bonds. The maximum Gasteiger partial charge on any atom is 0.150 e. The minimum atomic E-state index is 0.642. The van der Waals surface area contributed by atoms with Gasteiger partial charge in [0.2, 0.25) is 0 Å². The summed E-state index contributed by atoms with van der Waals surface area (Å²) in [4.78, 5) is 14.2. The monoisotopic (exact) mass is 1860 g/mol. The molecule has 11 nitrogen and oxygen atoms in total. The fraction of sp³-hybridized carbons (Fsp3) is 0.302. The first-order valence-corrected chi connectivity index (χ1v) is 50.8. The third-order valence-electron chi connectivity index (χ3n) is 26.3. The van der Waals surface area contributed by atoms with Gasteiger partial charge in [0.15, 0.2) is 0 Å². The topological polar surface area (TPSA) is 65.6 Å². The van der Waals surface area contributed by atoms with Crippen LogP contribution in [0, 0.1) is 118 Å². The predicted molar refractivity (Wildman–Crippen MR) is 599 cm³/mol. The average molecular weight is 1860 g/mol. The van der Waals surface area contributed by atoms with Gasteiger partial charge in [-0.05, 0) is 399 Å². The molecule has 0 atom stereocenters. The van der Waals surface area contributed by atoms with Gasteiger partial charge in [0.1, 0.15) is 34.4 Å². The first kappa shape index (κ1) is 103. The van der Waals surface area contributed by atoms with Crippen molar-refractivity contribution < 1.29 is 23.7 Å². The number of rotatable bonds is 38. The SMILES string of the molecule is CCCCOc1cc(C)c(N(c2ccc(C)cc2)c2ccc(N(c3ccc(C)cc3)c3c(C)cc(OCCCC)cc3C)cc2)c(C)c1.CCCCOc1cc(OC)c(N(c2ccc(C)cc2)c2ccc(N(c3ccc(C)cc3)c3c(C)cc(CCCC)cc3C)cc2)c(OC)c1.CCCCc1cc(C)c(N(c2ccc(C)cc2)c2ccc(N(c3ccc(C)cc3)c3c(C)cc(C)cc3C)cc2)c(C)c1. The van der Waals surface area contributed by atoms with E-state index >= 15 is 0 Å². The van der Waals surface area contributed by atoms with Gasteiger partial charge < -0.3 is 53.1 Å². The predicted octanol–water partition coefficient (Wildman–Crippen LogP) is 37.4. The summed E-state index contributed by atoms with van der Waals surface area (Å²) < 4.78 is 30.4. The largest absolute Gasteiger partial charge is 0.494 e. The minimum absolute atomic E-state index is 0.642. The van der Waals surface area contributed by atoms with Gasteiger partial charge in [-0.2, -0.15) is 0 Å². The van der Waals surface area contributed by atoms with Gasteiger partial charge in [-0.1, -0.05) is 215 Å². The van der Waals surface area contributed by atoms with E-state index in [2.05, 4.69) is 461 Å². The molecule has 15 aromatic rings. The van der Waals surface area contributed by atoms with E-state index in [-0.39, 0.29) is 0 Å². The highest BCUT2D eigenvalue weighted by Gasteiger charge is 2.29. The number of anilines is 18. The van der Waals surface area contributed by atoms with Crippen LogP contribution in [0.2, 0.25) is 0 Å². The van der Waals surface area contributed by atoms with Crippen LogP contribution in [0.1, 0.15) is 205 Å². The number of benzene rings is 15. The Kier molecular flexibility index (Phi) is 36.3. The van der Waals surface area contributed by atoms with Crippen molar-refractivity contribution in [1.82, 2.24) is 0 Å². The van der Waals surface area contributed by atoms with Gasteiger partial charge in [0, 0.05) is 80.4 Å². The van der Waals surface area contributed by atoms with E-state index in [1.54, 1.807) is 14.2 Å². The summed E-state index contributed by atoms with van der Waals surface area (Å²) in [5.74, 6) is 3.94. The molecule has 0 aliphatic carbocycles. The van der Waals surface area contributed by atoms with E-state index in [9.17, 15) is 0 Å². The molecule has 11 heteroatoms. The molecule has 0 N–H and O–H groups in total. The summed E-state index contributed by atoms with van der Waals surface area (Å²) in [6.45, 7) is 50.3. The van der Waals surface area contributed by atoms with E-state index in [0.717, 1.165) is 150 Å². The van der Waals surface area contributed by atoms with Crippen molar-refractivity contribution in [2.24, 2.45) is 0 Å². The van der Waals surface area contributed by atoms with Crippen molar-refractivity contribution in [3.8, 4) is 28.7 Å². The van der Waals surface area contributed by atoms with Crippen molar-refractivity contribution in [3.05, 3.63) is 397 Å². The molecule has 0 aliphatic heterocycles. The summed E-state index contributed by atoms with van der Waals surface area (Å²) in [5.41, 5.74) is 44.2. The highest BCUT2D eigenvalue weighted by Crippen LogP contribution is 2.52. The smallest absolute Gasteiger partial charge is 0.150 e. The van der Waals surface area contributed by atoms with Crippen LogP contribution in [0.3, 0.4) is 0 Å². The van der Waals surface area contributed by atoms with E-state index in [1.807, 2.05) is 12.1 Å². The summed E-state index contributed by atoms with van der Waals surface area (Å²) in [7, 11) is 3.39. The molecule has 15 rings (SSSR count). The molecule has 0 bridgehead atoms.